The van der Waals surface area contributed by atoms with Gasteiger partial charge in [-0.2, -0.15) is 4.31 Å². The highest BCUT2D eigenvalue weighted by Crippen LogP contribution is 2.61. The van der Waals surface area contributed by atoms with Gasteiger partial charge >= 0.3 is 0 Å². The van der Waals surface area contributed by atoms with E-state index in [1.165, 1.54) is 56.0 Å². The van der Waals surface area contributed by atoms with Crippen molar-refractivity contribution >= 4 is 15.9 Å². The molecule has 1 heterocycles. The van der Waals surface area contributed by atoms with Gasteiger partial charge in [0.15, 0.2) is 0 Å². The molecule has 0 spiro atoms. The lowest BCUT2D eigenvalue weighted by atomic mass is 9.49. The Morgan fingerprint density at radius 2 is 1.71 bits per heavy atom. The molecule has 31 heavy (non-hydrogen) atoms. The number of carbonyl (C=O) groups is 1. The minimum Gasteiger partial charge on any atom is -0.495 e. The molecule has 1 amide bonds. The zero-order valence-corrected chi connectivity index (χ0v) is 19.3. The van der Waals surface area contributed by atoms with Crippen molar-refractivity contribution in [2.45, 2.75) is 62.7 Å². The number of amides is 1. The van der Waals surface area contributed by atoms with Gasteiger partial charge in [-0.1, -0.05) is 0 Å². The summed E-state index contributed by atoms with van der Waals surface area (Å²) in [6, 6.07) is 4.73. The molecule has 1 aromatic rings. The lowest BCUT2D eigenvalue weighted by molar-refractivity contribution is -0.0564. The average Bonchev–Trinajstić information content (AvgIpc) is 3.28. The van der Waals surface area contributed by atoms with Crippen molar-refractivity contribution in [2.75, 3.05) is 26.7 Å². The van der Waals surface area contributed by atoms with E-state index >= 15 is 0 Å². The minimum absolute atomic E-state index is 0.0886. The molecule has 1 aromatic carbocycles. The molecule has 0 unspecified atom stereocenters. The Morgan fingerprint density at radius 1 is 1.10 bits per heavy atom. The van der Waals surface area contributed by atoms with E-state index in [1.807, 2.05) is 0 Å². The molecular formula is C24H34N2O4S. The smallest absolute Gasteiger partial charge is 0.251 e. The van der Waals surface area contributed by atoms with Crippen LogP contribution < -0.4 is 10.1 Å². The summed E-state index contributed by atoms with van der Waals surface area (Å²) in [5, 5.41) is 3.07. The maximum absolute atomic E-state index is 13.1. The number of hydrogen-bond donors (Lipinski definition) is 1. The van der Waals surface area contributed by atoms with Gasteiger partial charge in [-0.25, -0.2) is 8.42 Å². The maximum Gasteiger partial charge on any atom is 0.251 e. The number of nitrogens with one attached hydrogen (secondary N) is 1. The van der Waals surface area contributed by atoms with Crippen molar-refractivity contribution in [3.8, 4) is 5.75 Å². The van der Waals surface area contributed by atoms with E-state index in [1.54, 1.807) is 12.1 Å². The van der Waals surface area contributed by atoms with E-state index in [4.69, 9.17) is 4.74 Å². The monoisotopic (exact) mass is 446 g/mol. The van der Waals surface area contributed by atoms with Gasteiger partial charge in [0, 0.05) is 25.2 Å². The van der Waals surface area contributed by atoms with Gasteiger partial charge in [0.2, 0.25) is 10.0 Å². The first-order chi connectivity index (χ1) is 14.9. The molecule has 1 N–H and O–H groups in total. The Hall–Kier alpha value is -1.60. The second-order valence-corrected chi connectivity index (χ2v) is 12.3. The molecule has 4 bridgehead atoms. The summed E-state index contributed by atoms with van der Waals surface area (Å²) in [6.45, 7) is 1.70. The van der Waals surface area contributed by atoms with Gasteiger partial charge in [0.05, 0.1) is 7.11 Å². The molecule has 5 aliphatic rings. The van der Waals surface area contributed by atoms with Crippen LogP contribution in [0, 0.1) is 23.2 Å². The van der Waals surface area contributed by atoms with E-state index in [2.05, 4.69) is 5.32 Å². The Balaban J connectivity index is 1.26. The van der Waals surface area contributed by atoms with Gasteiger partial charge in [-0.15, -0.1) is 0 Å². The molecule has 4 saturated carbocycles. The second kappa shape index (κ2) is 8.07. The molecule has 0 atom stereocenters. The summed E-state index contributed by atoms with van der Waals surface area (Å²) in [7, 11) is -2.20. The third kappa shape index (κ3) is 3.99. The highest BCUT2D eigenvalue weighted by Gasteiger charge is 2.50. The van der Waals surface area contributed by atoms with Crippen molar-refractivity contribution < 1.29 is 17.9 Å². The van der Waals surface area contributed by atoms with Crippen LogP contribution in [0.1, 0.15) is 68.1 Å². The molecule has 1 saturated heterocycles. The first kappa shape index (κ1) is 21.3. The van der Waals surface area contributed by atoms with Crippen molar-refractivity contribution in [2.24, 2.45) is 23.2 Å². The Bertz CT molecular complexity index is 917. The normalized spacial score (nSPS) is 32.4. The lowest BCUT2D eigenvalue weighted by Gasteiger charge is -2.57. The molecule has 4 aliphatic carbocycles. The van der Waals surface area contributed by atoms with Crippen molar-refractivity contribution in [3.63, 3.8) is 0 Å². The fourth-order valence-electron chi connectivity index (χ4n) is 7.23. The lowest BCUT2D eigenvalue weighted by Crippen LogP contribution is -2.47. The first-order valence-corrected chi connectivity index (χ1v) is 13.3. The van der Waals surface area contributed by atoms with Gasteiger partial charge < -0.3 is 10.1 Å². The standard InChI is InChI=1S/C24H34N2O4S/c1-30-21-5-4-20(13-22(21)31(28,29)26-8-2-3-9-26)23(27)25-7-6-24-14-17-10-18(15-24)12-19(11-17)16-24/h4-5,13,17-19H,2-3,6-12,14-16H2,1H3,(H,25,27). The van der Waals surface area contributed by atoms with Crippen LogP contribution >= 0.6 is 0 Å². The average molecular weight is 447 g/mol. The van der Waals surface area contributed by atoms with Crippen LogP contribution in [0.5, 0.6) is 5.75 Å². The highest BCUT2D eigenvalue weighted by atomic mass is 32.2. The summed E-state index contributed by atoms with van der Waals surface area (Å²) in [5.41, 5.74) is 0.802. The summed E-state index contributed by atoms with van der Waals surface area (Å²) >= 11 is 0. The van der Waals surface area contributed by atoms with Crippen LogP contribution in [0.3, 0.4) is 0 Å². The summed E-state index contributed by atoms with van der Waals surface area (Å²) in [4.78, 5) is 13.0. The number of sulfonamides is 1. The number of methoxy groups -OCH3 is 1. The van der Waals surface area contributed by atoms with Crippen LogP contribution in [-0.4, -0.2) is 45.4 Å². The molecule has 0 aromatic heterocycles. The van der Waals surface area contributed by atoms with Crippen LogP contribution in [0.4, 0.5) is 0 Å². The molecule has 5 fully saturated rings. The van der Waals surface area contributed by atoms with Crippen molar-refractivity contribution in [1.29, 1.82) is 0 Å². The zero-order valence-electron chi connectivity index (χ0n) is 18.4. The quantitative estimate of drug-likeness (QED) is 0.691. The number of ether oxygens (including phenoxy) is 1. The predicted octanol–water partition coefficient (Wildman–Crippen LogP) is 3.82. The van der Waals surface area contributed by atoms with Crippen LogP contribution in [0.2, 0.25) is 0 Å². The molecule has 6 rings (SSSR count). The molecular weight excluding hydrogens is 412 g/mol. The van der Waals surface area contributed by atoms with Gasteiger partial charge in [0.25, 0.3) is 5.91 Å². The minimum atomic E-state index is -3.66. The number of carbonyl (C=O) groups excluding carboxylic acids is 1. The third-order valence-corrected chi connectivity index (χ3v) is 10.1. The third-order valence-electron chi connectivity index (χ3n) is 8.21. The molecule has 7 heteroatoms. The van der Waals surface area contributed by atoms with Crippen molar-refractivity contribution in [3.05, 3.63) is 23.8 Å². The van der Waals surface area contributed by atoms with Crippen LogP contribution in [-0.2, 0) is 10.0 Å². The number of nitrogens with zero attached hydrogens (tertiary/aromatic N) is 1. The van der Waals surface area contributed by atoms with E-state index in [0.29, 0.717) is 30.6 Å². The number of hydrogen-bond acceptors (Lipinski definition) is 4. The van der Waals surface area contributed by atoms with Gasteiger partial charge in [-0.3, -0.25) is 4.79 Å². The SMILES string of the molecule is COc1ccc(C(=O)NCCC23CC4CC(CC(C4)C2)C3)cc1S(=O)(=O)N1CCCC1. The fraction of sp³-hybridized carbons (Fsp3) is 0.708. The molecule has 1 aliphatic heterocycles. The Morgan fingerprint density at radius 3 is 2.29 bits per heavy atom. The van der Waals surface area contributed by atoms with E-state index in [-0.39, 0.29) is 16.6 Å². The Labute approximate surface area is 185 Å². The molecule has 6 nitrogen and oxygen atoms in total. The molecule has 170 valence electrons. The van der Waals surface area contributed by atoms with Crippen LogP contribution in [0.25, 0.3) is 0 Å². The van der Waals surface area contributed by atoms with E-state index < -0.39 is 10.0 Å². The van der Waals surface area contributed by atoms with Gasteiger partial charge in [0.1, 0.15) is 10.6 Å². The second-order valence-electron chi connectivity index (χ2n) is 10.4. The molecule has 0 radical (unpaired) electrons. The largest absolute Gasteiger partial charge is 0.495 e. The highest BCUT2D eigenvalue weighted by molar-refractivity contribution is 7.89. The zero-order chi connectivity index (χ0) is 21.6. The van der Waals surface area contributed by atoms with Crippen molar-refractivity contribution in [1.82, 2.24) is 9.62 Å². The summed E-state index contributed by atoms with van der Waals surface area (Å²) in [6.07, 6.45) is 11.0. The first-order valence-electron chi connectivity index (χ1n) is 11.8. The number of rotatable bonds is 7. The summed E-state index contributed by atoms with van der Waals surface area (Å²) in [5.74, 6) is 2.80. The fourth-order valence-corrected chi connectivity index (χ4v) is 8.93. The van der Waals surface area contributed by atoms with Gasteiger partial charge in [-0.05, 0) is 99.2 Å². The summed E-state index contributed by atoms with van der Waals surface area (Å²) < 4.78 is 32.9. The number of benzene rings is 1. The predicted molar refractivity (Wildman–Crippen MR) is 119 cm³/mol. The topological polar surface area (TPSA) is 75.7 Å². The van der Waals surface area contributed by atoms with E-state index in [0.717, 1.165) is 37.0 Å². The Kier molecular flexibility index (Phi) is 5.53. The maximum atomic E-state index is 13.1. The van der Waals surface area contributed by atoms with Crippen LogP contribution in [0.15, 0.2) is 23.1 Å². The van der Waals surface area contributed by atoms with E-state index in [9.17, 15) is 13.2 Å².